The highest BCUT2D eigenvalue weighted by Crippen LogP contribution is 2.65. The fraction of sp³-hybridized carbons (Fsp3) is 0.0270. The van der Waals surface area contributed by atoms with Gasteiger partial charge in [0.25, 0.3) is 0 Å². The van der Waals surface area contributed by atoms with Crippen LogP contribution in [0.25, 0.3) is 66.4 Å². The van der Waals surface area contributed by atoms with Gasteiger partial charge in [-0.1, -0.05) is 200 Å². The van der Waals surface area contributed by atoms with E-state index in [1.54, 1.807) is 0 Å². The lowest BCUT2D eigenvalue weighted by Crippen LogP contribution is -2.32. The third kappa shape index (κ3) is 5.73. The van der Waals surface area contributed by atoms with Gasteiger partial charge in [-0.05, 0) is 140 Å². The van der Waals surface area contributed by atoms with Crippen molar-refractivity contribution in [2.24, 2.45) is 0 Å². The zero-order chi connectivity index (χ0) is 51.1. The smallest absolute Gasteiger partial charge is 0.136 e. The molecule has 0 saturated carbocycles. The van der Waals surface area contributed by atoms with Crippen LogP contribution < -0.4 is 14.4 Å². The van der Waals surface area contributed by atoms with Crippen molar-refractivity contribution in [3.05, 3.63) is 317 Å². The van der Waals surface area contributed by atoms with Gasteiger partial charge in [-0.15, -0.1) is 0 Å². The van der Waals surface area contributed by atoms with Crippen molar-refractivity contribution in [3.63, 3.8) is 0 Å². The lowest BCUT2D eigenvalue weighted by molar-refractivity contribution is 0.436. The summed E-state index contributed by atoms with van der Waals surface area (Å²) in [5.74, 6) is 3.53. The quantitative estimate of drug-likeness (QED) is 0.172. The summed E-state index contributed by atoms with van der Waals surface area (Å²) >= 11 is 0. The molecule has 4 aliphatic rings. The van der Waals surface area contributed by atoms with Crippen LogP contribution in [0.4, 0.5) is 17.1 Å². The zero-order valence-electron chi connectivity index (χ0n) is 42.2. The molecule has 0 saturated heterocycles. The summed E-state index contributed by atoms with van der Waals surface area (Å²) in [6.45, 7) is 0. The zero-order valence-corrected chi connectivity index (χ0v) is 42.2. The van der Waals surface area contributed by atoms with Crippen LogP contribution >= 0.6 is 0 Å². The molecule has 1 aromatic heterocycles. The normalized spacial score (nSPS) is 14.1. The first kappa shape index (κ1) is 43.1. The summed E-state index contributed by atoms with van der Waals surface area (Å²) in [5, 5.41) is 2.24. The van der Waals surface area contributed by atoms with E-state index in [1.165, 1.54) is 50.1 Å². The Morgan fingerprint density at radius 2 is 0.679 bits per heavy atom. The van der Waals surface area contributed by atoms with Crippen molar-refractivity contribution in [2.75, 3.05) is 4.90 Å². The fourth-order valence-electron chi connectivity index (χ4n) is 14.2. The number of nitrogens with zero attached hydrogens (tertiary/aromatic N) is 1. The van der Waals surface area contributed by atoms with Crippen molar-refractivity contribution < 1.29 is 13.9 Å². The third-order valence-corrected chi connectivity index (χ3v) is 17.2. The Morgan fingerprint density at radius 1 is 0.269 bits per heavy atom. The van der Waals surface area contributed by atoms with Gasteiger partial charge in [-0.25, -0.2) is 0 Å². The lowest BCUT2D eigenvalue weighted by Gasteiger charge is -2.39. The number of fused-ring (bicyclic) bond motifs is 21. The molecule has 2 aliphatic heterocycles. The van der Waals surface area contributed by atoms with Gasteiger partial charge in [0.15, 0.2) is 0 Å². The number of hydrogen-bond donors (Lipinski definition) is 0. The van der Waals surface area contributed by atoms with Crippen LogP contribution in [-0.4, -0.2) is 0 Å². The molecule has 0 atom stereocenters. The van der Waals surface area contributed by atoms with Crippen molar-refractivity contribution in [1.29, 1.82) is 0 Å². The molecule has 0 unspecified atom stereocenters. The molecule has 0 radical (unpaired) electrons. The second kappa shape index (κ2) is 16.2. The maximum absolute atomic E-state index is 6.74. The van der Waals surface area contributed by atoms with E-state index in [0.717, 1.165) is 101 Å². The average molecular weight is 996 g/mol. The van der Waals surface area contributed by atoms with Gasteiger partial charge in [0, 0.05) is 50.1 Å². The molecule has 78 heavy (non-hydrogen) atoms. The largest absolute Gasteiger partial charge is 0.457 e. The van der Waals surface area contributed by atoms with Gasteiger partial charge in [-0.3, -0.25) is 0 Å². The SMILES string of the molecule is c1ccc2c(c1)Oc1ccccc1C21c2ccccc2-c2ccc(N(c3ccc(-c4cccc5c4-c4ccccc4C54c5ccccc5Oc5ccccc54)cc3)c3ccc(-c4cccc5oc6ccccc6c45)cc3)cc21. The molecule has 2 spiro atoms. The van der Waals surface area contributed by atoms with Crippen LogP contribution in [0, 0.1) is 0 Å². The van der Waals surface area contributed by atoms with E-state index in [4.69, 9.17) is 13.9 Å². The Kier molecular flexibility index (Phi) is 8.94. The number of hydrogen-bond acceptors (Lipinski definition) is 4. The van der Waals surface area contributed by atoms with Gasteiger partial charge in [-0.2, -0.15) is 0 Å². The van der Waals surface area contributed by atoms with Crippen molar-refractivity contribution >= 4 is 39.0 Å². The van der Waals surface area contributed by atoms with Crippen LogP contribution in [0.2, 0.25) is 0 Å². The lowest BCUT2D eigenvalue weighted by atomic mass is 9.66. The topological polar surface area (TPSA) is 34.8 Å². The minimum absolute atomic E-state index is 0.553. The highest BCUT2D eigenvalue weighted by Gasteiger charge is 2.53. The number of benzene rings is 12. The van der Waals surface area contributed by atoms with Crippen LogP contribution in [-0.2, 0) is 10.8 Å². The average Bonchev–Trinajstić information content (AvgIpc) is 3.48. The molecule has 2 aliphatic carbocycles. The number of anilines is 3. The second-order valence-corrected chi connectivity index (χ2v) is 20.9. The van der Waals surface area contributed by atoms with Crippen molar-refractivity contribution in [2.45, 2.75) is 10.8 Å². The number of furan rings is 1. The first-order chi connectivity index (χ1) is 38.7. The number of para-hydroxylation sites is 5. The highest BCUT2D eigenvalue weighted by molar-refractivity contribution is 6.12. The molecule has 13 aromatic rings. The monoisotopic (exact) mass is 995 g/mol. The van der Waals surface area contributed by atoms with E-state index < -0.39 is 10.8 Å². The minimum atomic E-state index is -0.619. The summed E-state index contributed by atoms with van der Waals surface area (Å²) in [6.07, 6.45) is 0. The van der Waals surface area contributed by atoms with E-state index in [1.807, 2.05) is 12.1 Å². The Labute approximate surface area is 451 Å². The first-order valence-electron chi connectivity index (χ1n) is 26.8. The Balaban J connectivity index is 0.855. The number of ether oxygens (including phenoxy) is 2. The van der Waals surface area contributed by atoms with Crippen LogP contribution in [0.5, 0.6) is 23.0 Å². The van der Waals surface area contributed by atoms with Gasteiger partial charge >= 0.3 is 0 Å². The van der Waals surface area contributed by atoms with Crippen molar-refractivity contribution in [1.82, 2.24) is 0 Å². The molecule has 0 amide bonds. The van der Waals surface area contributed by atoms with Gasteiger partial charge < -0.3 is 18.8 Å². The minimum Gasteiger partial charge on any atom is -0.457 e. The van der Waals surface area contributed by atoms with Gasteiger partial charge in [0.1, 0.15) is 34.2 Å². The Hall–Kier alpha value is -10.2. The molecule has 4 nitrogen and oxygen atoms in total. The molecule has 3 heterocycles. The second-order valence-electron chi connectivity index (χ2n) is 20.9. The van der Waals surface area contributed by atoms with E-state index in [-0.39, 0.29) is 0 Å². The van der Waals surface area contributed by atoms with E-state index >= 15 is 0 Å². The molecule has 0 bridgehead atoms. The molecule has 12 aromatic carbocycles. The van der Waals surface area contributed by atoms with Crippen molar-refractivity contribution in [3.8, 4) is 67.5 Å². The first-order valence-corrected chi connectivity index (χ1v) is 26.8. The summed E-state index contributed by atoms with van der Waals surface area (Å²) in [6, 6.07) is 99.2. The van der Waals surface area contributed by atoms with Gasteiger partial charge in [0.2, 0.25) is 0 Å². The van der Waals surface area contributed by atoms with E-state index in [0.29, 0.717) is 0 Å². The van der Waals surface area contributed by atoms with Crippen LogP contribution in [0.3, 0.4) is 0 Å². The fourth-order valence-corrected chi connectivity index (χ4v) is 14.2. The molecular weight excluding hydrogens is 951 g/mol. The summed E-state index contributed by atoms with van der Waals surface area (Å²) in [7, 11) is 0. The molecule has 0 N–H and O–H groups in total. The molecule has 4 heteroatoms. The Bertz CT molecular complexity index is 4550. The summed E-state index contributed by atoms with van der Waals surface area (Å²) in [5.41, 5.74) is 22.9. The summed E-state index contributed by atoms with van der Waals surface area (Å²) < 4.78 is 19.8. The van der Waals surface area contributed by atoms with Crippen LogP contribution in [0.15, 0.2) is 277 Å². The molecular formula is C74H45NO3. The van der Waals surface area contributed by atoms with E-state index in [9.17, 15) is 0 Å². The predicted octanol–water partition coefficient (Wildman–Crippen LogP) is 19.3. The van der Waals surface area contributed by atoms with E-state index in [2.05, 4.69) is 266 Å². The molecule has 17 rings (SSSR count). The highest BCUT2D eigenvalue weighted by atomic mass is 16.5. The third-order valence-electron chi connectivity index (χ3n) is 17.2. The Morgan fingerprint density at radius 3 is 1.29 bits per heavy atom. The summed E-state index contributed by atoms with van der Waals surface area (Å²) in [4.78, 5) is 2.42. The predicted molar refractivity (Wildman–Crippen MR) is 314 cm³/mol. The standard InChI is InChI=1S/C74H45NO3/c1-4-22-57-53(17-1)54-44-43-50(45-64(54)74(57)61-26-8-13-32-68(61)78-69-33-14-9-27-62(69)74)75(49-41-37-47(38-42-49)52-21-16-34-70-72(52)56-19-3-10-29-65(56)76-70)48-39-35-46(36-40-48)51-20-15-28-63-71(51)55-18-2-5-23-58(55)73(63)59-24-6-11-30-66(59)77-67-31-12-7-25-60(67)73/h1-45H. The number of rotatable bonds is 5. The molecule has 0 fully saturated rings. The maximum atomic E-state index is 6.74. The van der Waals surface area contributed by atoms with Crippen LogP contribution in [0.1, 0.15) is 44.5 Å². The molecule has 364 valence electrons. The maximum Gasteiger partial charge on any atom is 0.136 e. The van der Waals surface area contributed by atoms with Gasteiger partial charge in [0.05, 0.1) is 10.8 Å².